The van der Waals surface area contributed by atoms with Gasteiger partial charge in [-0.25, -0.2) is 0 Å². The molecule has 2 atom stereocenters. The normalized spacial score (nSPS) is 19.2. The molecule has 0 amide bonds. The number of hydrogen-bond donors (Lipinski definition) is 2. The minimum atomic E-state index is 0.225. The molecule has 2 rings (SSSR count). The van der Waals surface area contributed by atoms with Crippen LogP contribution < -0.4 is 10.6 Å². The Morgan fingerprint density at radius 3 is 2.92 bits per heavy atom. The maximum atomic E-state index is 5.72. The summed E-state index contributed by atoms with van der Waals surface area (Å²) in [5, 5.41) is 6.75. The Morgan fingerprint density at radius 2 is 2.21 bits per heavy atom. The van der Waals surface area contributed by atoms with Crippen molar-refractivity contribution in [2.24, 2.45) is 10.9 Å². The minimum absolute atomic E-state index is 0.225. The molecule has 0 saturated carbocycles. The molecule has 0 bridgehead atoms. The van der Waals surface area contributed by atoms with Gasteiger partial charge in [0.1, 0.15) is 0 Å². The zero-order valence-electron chi connectivity index (χ0n) is 15.0. The lowest BCUT2D eigenvalue weighted by Gasteiger charge is -2.18. The molecule has 24 heavy (non-hydrogen) atoms. The van der Waals surface area contributed by atoms with Crippen LogP contribution in [-0.2, 0) is 9.47 Å². The van der Waals surface area contributed by atoms with Crippen LogP contribution in [0.3, 0.4) is 0 Å². The van der Waals surface area contributed by atoms with Crippen molar-refractivity contribution in [3.8, 4) is 0 Å². The average Bonchev–Trinajstić information content (AvgIpc) is 3.12. The summed E-state index contributed by atoms with van der Waals surface area (Å²) in [6, 6.07) is 10.6. The lowest BCUT2D eigenvalue weighted by atomic mass is 10.1. The molecule has 1 aliphatic heterocycles. The summed E-state index contributed by atoms with van der Waals surface area (Å²) in [6.07, 6.45) is 2.06. The zero-order chi connectivity index (χ0) is 17.0. The second-order valence-electron chi connectivity index (χ2n) is 6.20. The van der Waals surface area contributed by atoms with Crippen LogP contribution in [0.4, 0.5) is 0 Å². The van der Waals surface area contributed by atoms with Crippen molar-refractivity contribution in [1.29, 1.82) is 0 Å². The van der Waals surface area contributed by atoms with E-state index in [9.17, 15) is 0 Å². The number of ether oxygens (including phenoxy) is 2. The quantitative estimate of drug-likeness (QED) is 0.414. The average molecular weight is 333 g/mol. The SMILES string of the molecule is CCNC(=NCCCOCC1CCOC1)NC(C)c1ccccc1. The molecule has 0 radical (unpaired) electrons. The molecule has 5 heteroatoms. The van der Waals surface area contributed by atoms with E-state index >= 15 is 0 Å². The molecule has 1 heterocycles. The first-order chi connectivity index (χ1) is 11.8. The van der Waals surface area contributed by atoms with Gasteiger partial charge >= 0.3 is 0 Å². The number of hydrogen-bond acceptors (Lipinski definition) is 3. The summed E-state index contributed by atoms with van der Waals surface area (Å²) >= 11 is 0. The van der Waals surface area contributed by atoms with Gasteiger partial charge in [0.25, 0.3) is 0 Å². The molecule has 1 aromatic carbocycles. The molecule has 5 nitrogen and oxygen atoms in total. The van der Waals surface area contributed by atoms with Crippen LogP contribution in [0.5, 0.6) is 0 Å². The van der Waals surface area contributed by atoms with E-state index in [4.69, 9.17) is 9.47 Å². The van der Waals surface area contributed by atoms with E-state index in [-0.39, 0.29) is 6.04 Å². The number of benzene rings is 1. The molecule has 2 N–H and O–H groups in total. The third-order valence-corrected chi connectivity index (χ3v) is 4.09. The number of guanidine groups is 1. The van der Waals surface area contributed by atoms with E-state index in [1.165, 1.54) is 5.56 Å². The van der Waals surface area contributed by atoms with Gasteiger partial charge in [0.15, 0.2) is 5.96 Å². The predicted octanol–water partition coefficient (Wildman–Crippen LogP) is 2.75. The van der Waals surface area contributed by atoms with Gasteiger partial charge in [-0.2, -0.15) is 0 Å². The highest BCUT2D eigenvalue weighted by molar-refractivity contribution is 5.80. The smallest absolute Gasteiger partial charge is 0.191 e. The van der Waals surface area contributed by atoms with Crippen molar-refractivity contribution < 1.29 is 9.47 Å². The lowest BCUT2D eigenvalue weighted by molar-refractivity contribution is 0.0893. The number of aliphatic imine (C=N–C) groups is 1. The molecule has 1 aliphatic rings. The van der Waals surface area contributed by atoms with Gasteiger partial charge in [-0.1, -0.05) is 30.3 Å². The van der Waals surface area contributed by atoms with Gasteiger partial charge < -0.3 is 20.1 Å². The fourth-order valence-corrected chi connectivity index (χ4v) is 2.67. The lowest BCUT2D eigenvalue weighted by Crippen LogP contribution is -2.38. The Morgan fingerprint density at radius 1 is 1.38 bits per heavy atom. The molecule has 1 aromatic rings. The highest BCUT2D eigenvalue weighted by Gasteiger charge is 2.15. The number of rotatable bonds is 9. The molecule has 0 aromatic heterocycles. The Bertz CT molecular complexity index is 473. The first-order valence-corrected chi connectivity index (χ1v) is 9.05. The third kappa shape index (κ3) is 6.89. The Hall–Kier alpha value is -1.59. The maximum absolute atomic E-state index is 5.72. The molecule has 2 unspecified atom stereocenters. The topological polar surface area (TPSA) is 54.9 Å². The third-order valence-electron chi connectivity index (χ3n) is 4.09. The van der Waals surface area contributed by atoms with Crippen molar-refractivity contribution in [1.82, 2.24) is 10.6 Å². The van der Waals surface area contributed by atoms with E-state index in [1.54, 1.807) is 0 Å². The van der Waals surface area contributed by atoms with E-state index in [2.05, 4.69) is 53.7 Å². The summed E-state index contributed by atoms with van der Waals surface area (Å²) in [6.45, 7) is 9.15. The number of nitrogens with one attached hydrogen (secondary N) is 2. The van der Waals surface area contributed by atoms with Crippen LogP contribution in [0.25, 0.3) is 0 Å². The molecule has 1 saturated heterocycles. The van der Waals surface area contributed by atoms with Gasteiger partial charge in [-0.05, 0) is 32.3 Å². The Balaban J connectivity index is 1.67. The Kier molecular flexibility index (Phi) is 8.63. The second kappa shape index (κ2) is 11.0. The van der Waals surface area contributed by atoms with Crippen LogP contribution >= 0.6 is 0 Å². The summed E-state index contributed by atoms with van der Waals surface area (Å²) in [5.74, 6) is 1.44. The monoisotopic (exact) mass is 333 g/mol. The molecule has 134 valence electrons. The largest absolute Gasteiger partial charge is 0.381 e. The van der Waals surface area contributed by atoms with Crippen molar-refractivity contribution in [3.05, 3.63) is 35.9 Å². The van der Waals surface area contributed by atoms with Crippen molar-refractivity contribution in [2.45, 2.75) is 32.7 Å². The first kappa shape index (κ1) is 18.7. The van der Waals surface area contributed by atoms with Gasteiger partial charge in [0.05, 0.1) is 19.3 Å². The van der Waals surface area contributed by atoms with Gasteiger partial charge in [0.2, 0.25) is 0 Å². The van der Waals surface area contributed by atoms with E-state index < -0.39 is 0 Å². The highest BCUT2D eigenvalue weighted by Crippen LogP contribution is 2.12. The Labute approximate surface area is 145 Å². The van der Waals surface area contributed by atoms with E-state index in [0.29, 0.717) is 5.92 Å². The minimum Gasteiger partial charge on any atom is -0.381 e. The van der Waals surface area contributed by atoms with Gasteiger partial charge in [-0.3, -0.25) is 4.99 Å². The number of nitrogens with zero attached hydrogens (tertiary/aromatic N) is 1. The predicted molar refractivity (Wildman–Crippen MR) is 98.3 cm³/mol. The fraction of sp³-hybridized carbons (Fsp3) is 0.632. The van der Waals surface area contributed by atoms with Gasteiger partial charge in [-0.15, -0.1) is 0 Å². The summed E-state index contributed by atoms with van der Waals surface area (Å²) < 4.78 is 11.1. The van der Waals surface area contributed by atoms with Crippen LogP contribution in [-0.4, -0.2) is 45.5 Å². The van der Waals surface area contributed by atoms with E-state index in [1.807, 2.05) is 6.07 Å². The van der Waals surface area contributed by atoms with Crippen LogP contribution in [0.1, 0.15) is 38.3 Å². The van der Waals surface area contributed by atoms with Gasteiger partial charge in [0, 0.05) is 32.2 Å². The first-order valence-electron chi connectivity index (χ1n) is 9.05. The van der Waals surface area contributed by atoms with Crippen LogP contribution in [0.15, 0.2) is 35.3 Å². The molecular formula is C19H31N3O2. The fourth-order valence-electron chi connectivity index (χ4n) is 2.67. The molecule has 0 spiro atoms. The van der Waals surface area contributed by atoms with Crippen molar-refractivity contribution in [2.75, 3.05) is 39.5 Å². The van der Waals surface area contributed by atoms with E-state index in [0.717, 1.165) is 58.3 Å². The standard InChI is InChI=1S/C19H31N3O2/c1-3-20-19(22-16(2)18-8-5-4-6-9-18)21-11-7-12-23-14-17-10-13-24-15-17/h4-6,8-9,16-17H,3,7,10-15H2,1-2H3,(H2,20,21,22). The molecule has 0 aliphatic carbocycles. The highest BCUT2D eigenvalue weighted by atomic mass is 16.5. The van der Waals surface area contributed by atoms with Crippen molar-refractivity contribution in [3.63, 3.8) is 0 Å². The second-order valence-corrected chi connectivity index (χ2v) is 6.20. The maximum Gasteiger partial charge on any atom is 0.191 e. The molecular weight excluding hydrogens is 302 g/mol. The van der Waals surface area contributed by atoms with Crippen LogP contribution in [0, 0.1) is 5.92 Å². The molecule has 1 fully saturated rings. The summed E-state index contributed by atoms with van der Waals surface area (Å²) in [5.41, 5.74) is 1.25. The van der Waals surface area contributed by atoms with Crippen molar-refractivity contribution >= 4 is 5.96 Å². The summed E-state index contributed by atoms with van der Waals surface area (Å²) in [4.78, 5) is 4.64. The van der Waals surface area contributed by atoms with Crippen LogP contribution in [0.2, 0.25) is 0 Å². The summed E-state index contributed by atoms with van der Waals surface area (Å²) in [7, 11) is 0. The zero-order valence-corrected chi connectivity index (χ0v) is 15.0.